The van der Waals surface area contributed by atoms with Crippen molar-refractivity contribution in [3.8, 4) is 5.75 Å². The standard InChI is InChI=1S/C9H7NO5/c11-6-4-2-1-3-5(7(6)12)10-8(13)9(14)15/h1-4H,(H,14,15)(H2,10,11,12,13). The first-order valence-electron chi connectivity index (χ1n) is 3.89. The minimum atomic E-state index is -1.70. The molecule has 3 N–H and O–H groups in total. The Balaban J connectivity index is 3.12. The number of carbonyl (C=O) groups is 2. The number of rotatable bonds is 1. The Hall–Kier alpha value is -2.37. The summed E-state index contributed by atoms with van der Waals surface area (Å²) < 4.78 is 0. The van der Waals surface area contributed by atoms with Gasteiger partial charge in [0.1, 0.15) is 0 Å². The Labute approximate surface area is 83.8 Å². The molecule has 1 amide bonds. The maximum atomic E-state index is 11.0. The maximum absolute atomic E-state index is 11.0. The van der Waals surface area contributed by atoms with Crippen LogP contribution in [0.2, 0.25) is 0 Å². The fourth-order valence-electron chi connectivity index (χ4n) is 0.862. The Morgan fingerprint density at radius 2 is 1.80 bits per heavy atom. The predicted octanol–water partition coefficient (Wildman–Crippen LogP) is -0.225. The molecule has 1 aromatic rings. The second kappa shape index (κ2) is 4.23. The van der Waals surface area contributed by atoms with Crippen molar-refractivity contribution in [1.29, 1.82) is 0 Å². The molecule has 15 heavy (non-hydrogen) atoms. The van der Waals surface area contributed by atoms with E-state index in [4.69, 9.17) is 5.11 Å². The molecule has 0 aromatic heterocycles. The first kappa shape index (κ1) is 10.7. The van der Waals surface area contributed by atoms with Crippen LogP contribution in [-0.4, -0.2) is 22.1 Å². The van der Waals surface area contributed by atoms with Crippen LogP contribution in [0.3, 0.4) is 0 Å². The molecule has 0 radical (unpaired) electrons. The van der Waals surface area contributed by atoms with E-state index in [0.29, 0.717) is 0 Å². The predicted molar refractivity (Wildman–Crippen MR) is 50.6 cm³/mol. The molecule has 0 atom stereocenters. The molecule has 0 fully saturated rings. The van der Waals surface area contributed by atoms with Crippen LogP contribution in [0.4, 0.5) is 5.69 Å². The first-order chi connectivity index (χ1) is 7.02. The van der Waals surface area contributed by atoms with Gasteiger partial charge in [0.2, 0.25) is 5.43 Å². The second-order valence-electron chi connectivity index (χ2n) is 2.60. The lowest BCUT2D eigenvalue weighted by Gasteiger charge is -1.99. The van der Waals surface area contributed by atoms with E-state index in [-0.39, 0.29) is 5.69 Å². The van der Waals surface area contributed by atoms with Gasteiger partial charge in [-0.1, -0.05) is 12.1 Å². The van der Waals surface area contributed by atoms with Crippen LogP contribution < -0.4 is 10.7 Å². The SMILES string of the molecule is O=C(O)C(=O)Nc1ccccc(=O)c1O. The molecule has 78 valence electrons. The van der Waals surface area contributed by atoms with Crippen LogP contribution in [0.1, 0.15) is 0 Å². The molecule has 0 heterocycles. The zero-order chi connectivity index (χ0) is 11.4. The highest BCUT2D eigenvalue weighted by molar-refractivity contribution is 6.36. The Morgan fingerprint density at radius 3 is 2.40 bits per heavy atom. The largest absolute Gasteiger partial charge is 0.503 e. The van der Waals surface area contributed by atoms with Crippen LogP contribution >= 0.6 is 0 Å². The van der Waals surface area contributed by atoms with E-state index in [1.165, 1.54) is 18.2 Å². The van der Waals surface area contributed by atoms with Gasteiger partial charge in [0, 0.05) is 0 Å². The van der Waals surface area contributed by atoms with Gasteiger partial charge in [0.25, 0.3) is 0 Å². The molecule has 0 saturated heterocycles. The van der Waals surface area contributed by atoms with Gasteiger partial charge in [0.05, 0.1) is 5.69 Å². The average Bonchev–Trinajstić information content (AvgIpc) is 2.33. The van der Waals surface area contributed by atoms with Crippen molar-refractivity contribution in [3.05, 3.63) is 34.5 Å². The molecular weight excluding hydrogens is 202 g/mol. The molecule has 1 aromatic carbocycles. The van der Waals surface area contributed by atoms with E-state index in [1.54, 1.807) is 0 Å². The number of carbonyl (C=O) groups excluding carboxylic acids is 1. The van der Waals surface area contributed by atoms with Gasteiger partial charge in [-0.25, -0.2) is 4.79 Å². The van der Waals surface area contributed by atoms with Gasteiger partial charge in [-0.05, 0) is 12.1 Å². The summed E-state index contributed by atoms with van der Waals surface area (Å²) in [7, 11) is 0. The Kier molecular flexibility index (Phi) is 3.02. The molecule has 0 spiro atoms. The van der Waals surface area contributed by atoms with Crippen LogP contribution in [0.15, 0.2) is 29.1 Å². The van der Waals surface area contributed by atoms with Crippen molar-refractivity contribution >= 4 is 17.6 Å². The number of aliphatic carboxylic acids is 1. The van der Waals surface area contributed by atoms with Gasteiger partial charge in [-0.2, -0.15) is 0 Å². The molecular formula is C9H7NO5. The summed E-state index contributed by atoms with van der Waals surface area (Å²) in [5.41, 5.74) is -0.946. The van der Waals surface area contributed by atoms with Crippen molar-refractivity contribution in [2.75, 3.05) is 5.32 Å². The summed E-state index contributed by atoms with van der Waals surface area (Å²) in [4.78, 5) is 32.0. The minimum Gasteiger partial charge on any atom is -0.503 e. The van der Waals surface area contributed by atoms with Crippen LogP contribution in [0.25, 0.3) is 0 Å². The summed E-state index contributed by atoms with van der Waals surface area (Å²) in [5, 5.41) is 19.4. The molecule has 0 aliphatic heterocycles. The summed E-state index contributed by atoms with van der Waals surface area (Å²) in [6.45, 7) is 0. The van der Waals surface area contributed by atoms with Crippen molar-refractivity contribution in [1.82, 2.24) is 0 Å². The highest BCUT2D eigenvalue weighted by Gasteiger charge is 2.13. The van der Waals surface area contributed by atoms with E-state index in [9.17, 15) is 19.5 Å². The molecule has 0 unspecified atom stereocenters. The number of amides is 1. The molecule has 6 nitrogen and oxygen atoms in total. The van der Waals surface area contributed by atoms with Gasteiger partial charge >= 0.3 is 11.9 Å². The third-order valence-corrected chi connectivity index (χ3v) is 1.55. The topological polar surface area (TPSA) is 104 Å². The Morgan fingerprint density at radius 1 is 1.20 bits per heavy atom. The summed E-state index contributed by atoms with van der Waals surface area (Å²) >= 11 is 0. The minimum absolute atomic E-state index is 0.239. The van der Waals surface area contributed by atoms with Gasteiger partial charge in [-0.15, -0.1) is 0 Å². The van der Waals surface area contributed by atoms with E-state index < -0.39 is 23.1 Å². The number of aromatic hydroxyl groups is 1. The zero-order valence-corrected chi connectivity index (χ0v) is 7.43. The van der Waals surface area contributed by atoms with E-state index in [1.807, 2.05) is 5.32 Å². The van der Waals surface area contributed by atoms with Gasteiger partial charge in [-0.3, -0.25) is 9.59 Å². The molecule has 6 heteroatoms. The molecule has 0 aliphatic carbocycles. The fourth-order valence-corrected chi connectivity index (χ4v) is 0.862. The smallest absolute Gasteiger partial charge is 0.394 e. The van der Waals surface area contributed by atoms with E-state index in [2.05, 4.69) is 0 Å². The normalized spacial score (nSPS) is 9.33. The van der Waals surface area contributed by atoms with E-state index >= 15 is 0 Å². The van der Waals surface area contributed by atoms with Crippen LogP contribution in [-0.2, 0) is 9.59 Å². The third kappa shape index (κ3) is 2.53. The van der Waals surface area contributed by atoms with Crippen LogP contribution in [0.5, 0.6) is 5.75 Å². The summed E-state index contributed by atoms with van der Waals surface area (Å²) in [6.07, 6.45) is 0. The maximum Gasteiger partial charge on any atom is 0.394 e. The monoisotopic (exact) mass is 209 g/mol. The highest BCUT2D eigenvalue weighted by Crippen LogP contribution is 2.15. The fraction of sp³-hybridized carbons (Fsp3) is 0. The zero-order valence-electron chi connectivity index (χ0n) is 7.43. The van der Waals surface area contributed by atoms with Crippen molar-refractivity contribution in [2.45, 2.75) is 0 Å². The number of nitrogens with one attached hydrogen (secondary N) is 1. The molecule has 1 rings (SSSR count). The lowest BCUT2D eigenvalue weighted by molar-refractivity contribution is -0.147. The number of hydrogen-bond donors (Lipinski definition) is 3. The Bertz CT molecular complexity index is 468. The van der Waals surface area contributed by atoms with E-state index in [0.717, 1.165) is 6.07 Å². The summed E-state index contributed by atoms with van der Waals surface area (Å²) in [5.74, 6) is -3.72. The van der Waals surface area contributed by atoms with Crippen molar-refractivity contribution in [2.24, 2.45) is 0 Å². The quantitative estimate of drug-likeness (QED) is 0.554. The molecule has 0 saturated carbocycles. The van der Waals surface area contributed by atoms with Gasteiger partial charge < -0.3 is 15.5 Å². The van der Waals surface area contributed by atoms with Crippen LogP contribution in [0, 0.1) is 0 Å². The second-order valence-corrected chi connectivity index (χ2v) is 2.60. The summed E-state index contributed by atoms with van der Waals surface area (Å²) in [6, 6.07) is 5.06. The van der Waals surface area contributed by atoms with Crippen molar-refractivity contribution < 1.29 is 19.8 Å². The number of carboxylic acid groups (broad SMARTS) is 1. The van der Waals surface area contributed by atoms with Gasteiger partial charge in [0.15, 0.2) is 5.75 Å². The lowest BCUT2D eigenvalue weighted by atomic mass is 10.4. The average molecular weight is 209 g/mol. The molecule has 0 bridgehead atoms. The van der Waals surface area contributed by atoms with Crippen molar-refractivity contribution in [3.63, 3.8) is 0 Å². The third-order valence-electron chi connectivity index (χ3n) is 1.55. The number of carboxylic acids is 1. The highest BCUT2D eigenvalue weighted by atomic mass is 16.4. The molecule has 0 aliphatic rings. The lowest BCUT2D eigenvalue weighted by Crippen LogP contribution is -2.22. The number of hydrogen-bond acceptors (Lipinski definition) is 4. The number of anilines is 1. The first-order valence-corrected chi connectivity index (χ1v) is 3.89.